The molecule has 1 amide bonds. The summed E-state index contributed by atoms with van der Waals surface area (Å²) in [4.78, 5) is 30.6. The van der Waals surface area contributed by atoms with Crippen LogP contribution in [0, 0.1) is 0 Å². The van der Waals surface area contributed by atoms with Crippen LogP contribution >= 0.6 is 0 Å². The summed E-state index contributed by atoms with van der Waals surface area (Å²) in [6.45, 7) is 1.93. The molecule has 168 valence electrons. The topological polar surface area (TPSA) is 104 Å². The number of nitrogens with zero attached hydrogens (tertiary/aromatic N) is 1. The highest BCUT2D eigenvalue weighted by molar-refractivity contribution is 7.92. The second-order valence-electron chi connectivity index (χ2n) is 7.91. The molecule has 1 aliphatic rings. The Kier molecular flexibility index (Phi) is 7.30. The van der Waals surface area contributed by atoms with Gasteiger partial charge in [0.2, 0.25) is 0 Å². The van der Waals surface area contributed by atoms with Crippen molar-refractivity contribution in [2.24, 2.45) is 0 Å². The highest BCUT2D eigenvalue weighted by atomic mass is 32.2. The molecule has 0 aliphatic carbocycles. The monoisotopic (exact) mass is 448 g/mol. The van der Waals surface area contributed by atoms with E-state index in [1.165, 1.54) is 17.6 Å². The molecule has 0 spiro atoms. The zero-order valence-electron chi connectivity index (χ0n) is 17.7. The summed E-state index contributed by atoms with van der Waals surface area (Å²) in [6.07, 6.45) is 4.40. The van der Waals surface area contributed by atoms with Gasteiger partial charge >= 0.3 is 0 Å². The summed E-state index contributed by atoms with van der Waals surface area (Å²) < 4.78 is 29.9. The van der Waals surface area contributed by atoms with Crippen LogP contribution in [-0.4, -0.2) is 42.8 Å². The van der Waals surface area contributed by atoms with Crippen LogP contribution in [0.4, 0.5) is 0 Å². The van der Waals surface area contributed by atoms with Gasteiger partial charge in [-0.1, -0.05) is 30.3 Å². The van der Waals surface area contributed by atoms with Gasteiger partial charge in [0.1, 0.15) is 0 Å². The lowest BCUT2D eigenvalue weighted by atomic mass is 10.1. The average molecular weight is 449 g/mol. The van der Waals surface area contributed by atoms with Crippen LogP contribution in [0.5, 0.6) is 0 Å². The summed E-state index contributed by atoms with van der Waals surface area (Å²) in [7, 11) is -3.80. The first-order valence-electron chi connectivity index (χ1n) is 10.2. The van der Waals surface area contributed by atoms with Gasteiger partial charge in [-0.2, -0.15) is 0 Å². The Morgan fingerprint density at radius 1 is 1.23 bits per heavy atom. The number of amides is 1. The van der Waals surface area contributed by atoms with Gasteiger partial charge in [0.05, 0.1) is 0 Å². The molecule has 31 heavy (non-hydrogen) atoms. The fraction of sp³-hybridized carbons (Fsp3) is 0.455. The molecule has 1 aromatic heterocycles. The molecule has 1 aliphatic heterocycles. The van der Waals surface area contributed by atoms with E-state index < -0.39 is 26.8 Å². The van der Waals surface area contributed by atoms with E-state index in [2.05, 4.69) is 5.48 Å². The predicted molar refractivity (Wildman–Crippen MR) is 117 cm³/mol. The number of ether oxygens (including phenoxy) is 1. The highest BCUT2D eigenvalue weighted by Gasteiger charge is 2.44. The normalized spacial score (nSPS) is 18.8. The number of hydrogen-bond acceptors (Lipinski definition) is 6. The van der Waals surface area contributed by atoms with Crippen molar-refractivity contribution in [3.05, 3.63) is 59.0 Å². The Morgan fingerprint density at radius 2 is 1.97 bits per heavy atom. The number of pyridine rings is 1. The first-order valence-corrected chi connectivity index (χ1v) is 12.1. The average Bonchev–Trinajstić information content (AvgIpc) is 2.77. The maximum atomic E-state index is 12.7. The summed E-state index contributed by atoms with van der Waals surface area (Å²) in [5, 5.41) is 0. The van der Waals surface area contributed by atoms with Crippen molar-refractivity contribution in [1.29, 1.82) is 0 Å². The van der Waals surface area contributed by atoms with E-state index in [-0.39, 0.29) is 18.5 Å². The van der Waals surface area contributed by atoms with Crippen LogP contribution in [0.25, 0.3) is 11.1 Å². The Bertz CT molecular complexity index is 1060. The second-order valence-corrected chi connectivity index (χ2v) is 10.4. The largest absolute Gasteiger partial charge is 0.350 e. The molecule has 2 heterocycles. The lowest BCUT2D eigenvalue weighted by Gasteiger charge is -2.28. The highest BCUT2D eigenvalue weighted by Crippen LogP contribution is 2.23. The molecule has 1 fully saturated rings. The van der Waals surface area contributed by atoms with Gasteiger partial charge in [-0.05, 0) is 43.4 Å². The lowest BCUT2D eigenvalue weighted by molar-refractivity contribution is -0.201. The SMILES string of the molecule is CC(CCn1ccc(-c2ccccc2)cc1=O)(C(=O)NOC1CCCCO1)S(C)(=O)=O. The molecule has 3 rings (SSSR count). The molecule has 0 radical (unpaired) electrons. The number of carbonyl (C=O) groups is 1. The van der Waals surface area contributed by atoms with Crippen LogP contribution in [0.2, 0.25) is 0 Å². The molecular formula is C22H28N2O6S. The number of hydrogen-bond donors (Lipinski definition) is 1. The minimum Gasteiger partial charge on any atom is -0.350 e. The van der Waals surface area contributed by atoms with Gasteiger partial charge < -0.3 is 9.30 Å². The minimum atomic E-state index is -3.80. The van der Waals surface area contributed by atoms with Gasteiger partial charge in [0.15, 0.2) is 20.9 Å². The maximum Gasteiger partial charge on any atom is 0.264 e. The smallest absolute Gasteiger partial charge is 0.264 e. The van der Waals surface area contributed by atoms with Gasteiger partial charge in [-0.3, -0.25) is 9.59 Å². The molecule has 1 N–H and O–H groups in total. The van der Waals surface area contributed by atoms with Crippen molar-refractivity contribution in [3.63, 3.8) is 0 Å². The first-order chi connectivity index (χ1) is 14.7. The zero-order valence-corrected chi connectivity index (χ0v) is 18.6. The molecule has 2 atom stereocenters. The van der Waals surface area contributed by atoms with Crippen molar-refractivity contribution in [2.75, 3.05) is 12.9 Å². The Labute approximate surface area is 182 Å². The van der Waals surface area contributed by atoms with Crippen molar-refractivity contribution < 1.29 is 22.8 Å². The van der Waals surface area contributed by atoms with E-state index in [0.717, 1.165) is 30.2 Å². The van der Waals surface area contributed by atoms with Crippen LogP contribution < -0.4 is 11.0 Å². The van der Waals surface area contributed by atoms with Gasteiger partial charge in [0, 0.05) is 38.1 Å². The number of sulfone groups is 1. The van der Waals surface area contributed by atoms with E-state index in [9.17, 15) is 18.0 Å². The number of carbonyl (C=O) groups excluding carboxylic acids is 1. The standard InChI is InChI=1S/C22H28N2O6S/c1-22(31(2,27)28,21(26)23-30-20-10-6-7-15-29-20)12-14-24-13-11-18(16-19(24)25)17-8-4-3-5-9-17/h3-5,8-9,11,13,16,20H,6-7,10,12,14-15H2,1-2H3,(H,23,26). The number of aryl methyl sites for hydroxylation is 1. The summed E-state index contributed by atoms with van der Waals surface area (Å²) in [5.74, 6) is -0.780. The Balaban J connectivity index is 1.71. The lowest BCUT2D eigenvalue weighted by Crippen LogP contribution is -2.51. The first kappa shape index (κ1) is 23.2. The summed E-state index contributed by atoms with van der Waals surface area (Å²) in [6, 6.07) is 12.8. The molecule has 0 saturated carbocycles. The summed E-state index contributed by atoms with van der Waals surface area (Å²) >= 11 is 0. The molecule has 1 aromatic carbocycles. The fourth-order valence-corrected chi connectivity index (χ4v) is 4.18. The minimum absolute atomic E-state index is 0.0603. The van der Waals surface area contributed by atoms with E-state index in [1.807, 2.05) is 30.3 Å². The quantitative estimate of drug-likeness (QED) is 0.622. The van der Waals surface area contributed by atoms with E-state index in [1.54, 1.807) is 12.3 Å². The van der Waals surface area contributed by atoms with Crippen molar-refractivity contribution >= 4 is 15.7 Å². The van der Waals surface area contributed by atoms with Gasteiger partial charge in [-0.25, -0.2) is 18.7 Å². The predicted octanol–water partition coefficient (Wildman–Crippen LogP) is 2.28. The molecule has 1 saturated heterocycles. The Hall–Kier alpha value is -2.49. The van der Waals surface area contributed by atoms with Gasteiger partial charge in [-0.15, -0.1) is 0 Å². The van der Waals surface area contributed by atoms with E-state index >= 15 is 0 Å². The van der Waals surface area contributed by atoms with Crippen LogP contribution in [0.1, 0.15) is 32.6 Å². The molecule has 8 nitrogen and oxygen atoms in total. The third-order valence-electron chi connectivity index (χ3n) is 5.65. The molecule has 2 unspecified atom stereocenters. The molecular weight excluding hydrogens is 420 g/mol. The molecule has 2 aromatic rings. The van der Waals surface area contributed by atoms with E-state index in [4.69, 9.17) is 9.57 Å². The van der Waals surface area contributed by atoms with Crippen molar-refractivity contribution in [3.8, 4) is 11.1 Å². The number of rotatable bonds is 8. The van der Waals surface area contributed by atoms with E-state index in [0.29, 0.717) is 13.0 Å². The third kappa shape index (κ3) is 5.61. The number of nitrogens with one attached hydrogen (secondary N) is 1. The number of hydroxylamine groups is 1. The van der Waals surface area contributed by atoms with Crippen LogP contribution in [0.3, 0.4) is 0 Å². The molecule has 9 heteroatoms. The molecule has 0 bridgehead atoms. The number of aromatic nitrogens is 1. The number of benzene rings is 1. The Morgan fingerprint density at radius 3 is 2.58 bits per heavy atom. The van der Waals surface area contributed by atoms with Gasteiger partial charge in [0.25, 0.3) is 11.5 Å². The van der Waals surface area contributed by atoms with Crippen molar-refractivity contribution in [2.45, 2.75) is 50.2 Å². The van der Waals surface area contributed by atoms with Crippen LogP contribution in [0.15, 0.2) is 53.5 Å². The summed E-state index contributed by atoms with van der Waals surface area (Å²) in [5.41, 5.74) is 3.66. The zero-order chi connectivity index (χ0) is 22.5. The maximum absolute atomic E-state index is 12.7. The second kappa shape index (κ2) is 9.76. The fourth-order valence-electron chi connectivity index (χ4n) is 3.34. The van der Waals surface area contributed by atoms with Crippen molar-refractivity contribution in [1.82, 2.24) is 10.0 Å². The third-order valence-corrected chi connectivity index (χ3v) is 7.68. The van der Waals surface area contributed by atoms with Crippen LogP contribution in [-0.2, 0) is 30.8 Å².